The summed E-state index contributed by atoms with van der Waals surface area (Å²) in [6, 6.07) is 0.545. The van der Waals surface area contributed by atoms with Crippen molar-refractivity contribution in [2.45, 2.75) is 33.2 Å². The van der Waals surface area contributed by atoms with Crippen molar-refractivity contribution in [1.29, 1.82) is 0 Å². The Hall–Kier alpha value is -0.370. The second-order valence-corrected chi connectivity index (χ2v) is 3.69. The van der Waals surface area contributed by atoms with Crippen LogP contribution in [0, 0.1) is 5.92 Å². The van der Waals surface area contributed by atoms with E-state index in [1.807, 2.05) is 6.92 Å². The highest BCUT2D eigenvalue weighted by atomic mass is 16.1. The molecule has 11 heavy (non-hydrogen) atoms. The van der Waals surface area contributed by atoms with E-state index < -0.39 is 0 Å². The zero-order valence-electron chi connectivity index (χ0n) is 7.68. The van der Waals surface area contributed by atoms with Gasteiger partial charge >= 0.3 is 0 Å². The molecule has 1 rings (SSSR count). The smallest absolute Gasteiger partial charge is 0.147 e. The van der Waals surface area contributed by atoms with Gasteiger partial charge in [-0.2, -0.15) is 0 Å². The van der Waals surface area contributed by atoms with Gasteiger partial charge in [-0.15, -0.1) is 0 Å². The van der Waals surface area contributed by atoms with Crippen LogP contribution in [0.3, 0.4) is 0 Å². The highest BCUT2D eigenvalue weighted by Gasteiger charge is 2.30. The number of carbonyl (C=O) groups excluding carboxylic acids is 1. The van der Waals surface area contributed by atoms with Gasteiger partial charge in [0, 0.05) is 0 Å². The number of nitrogens with one attached hydrogen (secondary N) is 1. The summed E-state index contributed by atoms with van der Waals surface area (Å²) >= 11 is 0. The summed E-state index contributed by atoms with van der Waals surface area (Å²) < 4.78 is 0. The van der Waals surface area contributed by atoms with Crippen LogP contribution in [0.1, 0.15) is 27.2 Å². The molecule has 2 nitrogen and oxygen atoms in total. The fourth-order valence-corrected chi connectivity index (χ4v) is 1.85. The Morgan fingerprint density at radius 1 is 1.55 bits per heavy atom. The number of carbonyl (C=O) groups is 1. The number of ketones is 1. The maximum atomic E-state index is 11.3. The molecule has 0 radical (unpaired) electrons. The Bertz CT molecular complexity index is 156. The third-order valence-corrected chi connectivity index (χ3v) is 2.78. The van der Waals surface area contributed by atoms with Gasteiger partial charge in [0.05, 0.1) is 31.5 Å². The van der Waals surface area contributed by atoms with Crippen molar-refractivity contribution in [3.8, 4) is 0 Å². The number of rotatable bonds is 1. The van der Waals surface area contributed by atoms with Gasteiger partial charge in [-0.1, -0.05) is 6.92 Å². The molecule has 3 atom stereocenters. The number of hydrogen-bond donors (Lipinski definition) is 1. The van der Waals surface area contributed by atoms with E-state index in [1.165, 1.54) is 0 Å². The van der Waals surface area contributed by atoms with Gasteiger partial charge in [0.25, 0.3) is 0 Å². The molecule has 1 N–H and O–H groups in total. The van der Waals surface area contributed by atoms with E-state index in [4.69, 9.17) is 0 Å². The van der Waals surface area contributed by atoms with E-state index in [-0.39, 0.29) is 0 Å². The van der Waals surface area contributed by atoms with E-state index in [1.54, 1.807) is 4.90 Å². The van der Waals surface area contributed by atoms with Gasteiger partial charge in [0.1, 0.15) is 5.78 Å². The minimum Gasteiger partial charge on any atom is -0.332 e. The van der Waals surface area contributed by atoms with Gasteiger partial charge in [-0.3, -0.25) is 4.79 Å². The van der Waals surface area contributed by atoms with Gasteiger partial charge in [0.15, 0.2) is 0 Å². The maximum absolute atomic E-state index is 11.3. The highest BCUT2D eigenvalue weighted by Crippen LogP contribution is 2.04. The van der Waals surface area contributed by atoms with Crippen LogP contribution in [0.25, 0.3) is 0 Å². The molecule has 0 aromatic carbocycles. The lowest BCUT2D eigenvalue weighted by Crippen LogP contribution is -3.17. The quantitative estimate of drug-likeness (QED) is 0.562. The molecule has 0 saturated carbocycles. The molecule has 1 heterocycles. The normalized spacial score (nSPS) is 39.2. The second kappa shape index (κ2) is 3.35. The van der Waals surface area contributed by atoms with Crippen molar-refractivity contribution >= 4 is 5.78 Å². The van der Waals surface area contributed by atoms with E-state index in [0.717, 1.165) is 19.5 Å². The van der Waals surface area contributed by atoms with Gasteiger partial charge < -0.3 is 4.90 Å². The van der Waals surface area contributed by atoms with Crippen LogP contribution in [0.2, 0.25) is 0 Å². The Balaban J connectivity index is 2.54. The van der Waals surface area contributed by atoms with Crippen LogP contribution in [0.15, 0.2) is 0 Å². The lowest BCUT2D eigenvalue weighted by molar-refractivity contribution is -0.926. The first kappa shape index (κ1) is 8.72. The molecule has 0 aliphatic carbocycles. The van der Waals surface area contributed by atoms with Crippen molar-refractivity contribution < 1.29 is 9.69 Å². The molecule has 1 fully saturated rings. The van der Waals surface area contributed by atoms with Crippen molar-refractivity contribution in [3.63, 3.8) is 0 Å². The zero-order valence-corrected chi connectivity index (χ0v) is 7.68. The van der Waals surface area contributed by atoms with Crippen molar-refractivity contribution in [1.82, 2.24) is 0 Å². The summed E-state index contributed by atoms with van der Waals surface area (Å²) in [5, 5.41) is 0. The number of hydrogen-bond acceptors (Lipinski definition) is 1. The Morgan fingerprint density at radius 3 is 2.73 bits per heavy atom. The molecule has 0 amide bonds. The Labute approximate surface area is 68.6 Å². The van der Waals surface area contributed by atoms with Crippen LogP contribution < -0.4 is 4.90 Å². The molecule has 0 aromatic heterocycles. The first-order valence-corrected chi connectivity index (χ1v) is 4.52. The lowest BCUT2D eigenvalue weighted by Gasteiger charge is -2.31. The maximum Gasteiger partial charge on any atom is 0.147 e. The lowest BCUT2D eigenvalue weighted by atomic mass is 9.94. The van der Waals surface area contributed by atoms with Crippen LogP contribution in [0.5, 0.6) is 0 Å². The SMILES string of the molecule is CC[NH+]1C[C@@H](C)C(=O)C[C@@H]1C. The molecule has 2 heteroatoms. The van der Waals surface area contributed by atoms with E-state index in [9.17, 15) is 4.79 Å². The molecule has 0 aromatic rings. The summed E-state index contributed by atoms with van der Waals surface area (Å²) in [5.74, 6) is 0.746. The van der Waals surface area contributed by atoms with Crippen molar-refractivity contribution in [2.75, 3.05) is 13.1 Å². The second-order valence-electron chi connectivity index (χ2n) is 3.69. The average Bonchev–Trinajstić information content (AvgIpc) is 1.97. The van der Waals surface area contributed by atoms with E-state index in [2.05, 4.69) is 13.8 Å². The highest BCUT2D eigenvalue weighted by molar-refractivity contribution is 5.81. The fraction of sp³-hybridized carbons (Fsp3) is 0.889. The average molecular weight is 156 g/mol. The van der Waals surface area contributed by atoms with Crippen molar-refractivity contribution in [2.24, 2.45) is 5.92 Å². The predicted molar refractivity (Wildman–Crippen MR) is 44.6 cm³/mol. The Morgan fingerprint density at radius 2 is 2.18 bits per heavy atom. The third-order valence-electron chi connectivity index (χ3n) is 2.78. The van der Waals surface area contributed by atoms with E-state index >= 15 is 0 Å². The molecule has 1 saturated heterocycles. The topological polar surface area (TPSA) is 21.5 Å². The van der Waals surface area contributed by atoms with Gasteiger partial charge in [0.2, 0.25) is 0 Å². The monoisotopic (exact) mass is 156 g/mol. The van der Waals surface area contributed by atoms with Gasteiger partial charge in [-0.05, 0) is 13.8 Å². The zero-order chi connectivity index (χ0) is 8.43. The predicted octanol–water partition coefficient (Wildman–Crippen LogP) is -0.111. The molecule has 1 aliphatic rings. The van der Waals surface area contributed by atoms with Crippen LogP contribution >= 0.6 is 0 Å². The van der Waals surface area contributed by atoms with Crippen LogP contribution in [-0.4, -0.2) is 24.9 Å². The largest absolute Gasteiger partial charge is 0.332 e. The summed E-state index contributed by atoms with van der Waals surface area (Å²) in [4.78, 5) is 12.8. The summed E-state index contributed by atoms with van der Waals surface area (Å²) in [6.07, 6.45) is 0.782. The van der Waals surface area contributed by atoms with E-state index in [0.29, 0.717) is 17.7 Å². The minimum atomic E-state index is 0.293. The van der Waals surface area contributed by atoms with Crippen LogP contribution in [0.4, 0.5) is 0 Å². The molecule has 0 bridgehead atoms. The Kier molecular flexibility index (Phi) is 2.66. The summed E-state index contributed by atoms with van der Waals surface area (Å²) in [5.41, 5.74) is 0. The standard InChI is InChI=1S/C9H17NO/c1-4-10-6-7(2)9(11)5-8(10)3/h7-8H,4-6H2,1-3H3/p+1/t7-,8+/m1/s1. The number of Topliss-reactive ketones (excluding diaryl/α,β-unsaturated/α-hetero) is 1. The number of likely N-dealkylation sites (tertiary alicyclic amines) is 1. The van der Waals surface area contributed by atoms with Crippen molar-refractivity contribution in [3.05, 3.63) is 0 Å². The first-order chi connectivity index (χ1) is 5.15. The number of piperidine rings is 1. The number of quaternary nitrogens is 1. The minimum absolute atomic E-state index is 0.293. The van der Waals surface area contributed by atoms with Crippen LogP contribution in [-0.2, 0) is 4.79 Å². The molecule has 0 spiro atoms. The molecule has 1 aliphatic heterocycles. The summed E-state index contributed by atoms with van der Waals surface area (Å²) in [7, 11) is 0. The first-order valence-electron chi connectivity index (χ1n) is 4.52. The molecule has 64 valence electrons. The third kappa shape index (κ3) is 1.80. The fourth-order valence-electron chi connectivity index (χ4n) is 1.85. The summed E-state index contributed by atoms with van der Waals surface area (Å²) in [6.45, 7) is 8.59. The molecular weight excluding hydrogens is 138 g/mol. The van der Waals surface area contributed by atoms with Gasteiger partial charge in [-0.25, -0.2) is 0 Å². The molecular formula is C9H18NO+. The molecule has 1 unspecified atom stereocenters.